The molecule has 28 aromatic rings. The SMILES string of the molecule is [c]1csc(-c2csc(-c3csc(-c4csc(-c5csc(-c6csc(-c7csc(-c8csc(-c9csc(-c%10csc(-c%11csc(-c%12csc(-c%13csc(-c%14csc(-c%15csc(-c%16csc(-c%17csc(-c%18csc(-c%19csc(-c%20csc(-c%21csc(-c%22csc(-c%23csc(-c%24csc(-c%25csc(-c%26csc(-c%27csc(-c%28cscn%28)n%27)n%26)n%25)n%24)n%23)n%22)n%21)n%20)n%19)n%18)n%17)n%16)n%15)n%14)n%13)n%12)n%11)n%10)n9)n8)n7)n6)n5)n4)n3)n2)n1. The number of thiazole rings is 28. The van der Waals surface area contributed by atoms with E-state index in [1.54, 1.807) is 136 Å². The fourth-order valence-electron chi connectivity index (χ4n) is 13.4. The molecular weight excluding hydrogens is 2300 g/mol. The number of rotatable bonds is 27. The summed E-state index contributed by atoms with van der Waals surface area (Å²) in [5, 5.41) is 78.5. The van der Waals surface area contributed by atoms with Crippen LogP contribution in [0.3, 0.4) is 0 Å². The Balaban J connectivity index is 0.327. The summed E-state index contributed by atoms with van der Waals surface area (Å²) >= 11 is 43.2. The van der Waals surface area contributed by atoms with E-state index in [9.17, 15) is 0 Å². The van der Waals surface area contributed by atoms with Crippen LogP contribution in [0.4, 0.5) is 0 Å². The maximum Gasteiger partial charge on any atom is 0.143 e. The first kappa shape index (κ1) is 87.4. The predicted molar refractivity (Wildman–Crippen MR) is 591 cm³/mol. The summed E-state index contributed by atoms with van der Waals surface area (Å²) < 4.78 is 0. The number of hydrogen-bond acceptors (Lipinski definition) is 56. The van der Waals surface area contributed by atoms with Gasteiger partial charge in [0.15, 0.2) is 0 Å². The molecule has 1 radical (unpaired) electrons. The lowest BCUT2D eigenvalue weighted by Crippen LogP contribution is -1.83. The van der Waals surface area contributed by atoms with Gasteiger partial charge in [-0.2, -0.15) is 0 Å². The normalized spacial score (nSPS) is 11.9. The van der Waals surface area contributed by atoms with Gasteiger partial charge >= 0.3 is 0 Å². The van der Waals surface area contributed by atoms with Crippen molar-refractivity contribution in [3.63, 3.8) is 0 Å². The third-order valence-corrected chi connectivity index (χ3v) is 43.7. The smallest absolute Gasteiger partial charge is 0.143 e. The molecule has 0 atom stereocenters. The molecule has 28 rings (SSSR count). The van der Waals surface area contributed by atoms with Gasteiger partial charge in [-0.1, -0.05) is 0 Å². The fraction of sp³-hybridized carbons (Fsp3) is 0. The number of aromatic nitrogens is 28. The van der Waals surface area contributed by atoms with Crippen LogP contribution in [0.2, 0.25) is 0 Å². The van der Waals surface area contributed by atoms with Crippen molar-refractivity contribution in [1.29, 1.82) is 0 Å². The van der Waals surface area contributed by atoms with Gasteiger partial charge in [0.1, 0.15) is 295 Å². The Bertz CT molecular complexity index is 8390. The molecule has 0 fully saturated rings. The predicted octanol–water partition coefficient (Wildman–Crippen LogP) is 31.3. The molecule has 56 heteroatoms. The average Bonchev–Trinajstić information content (AvgIpc) is 1.67. The molecule has 0 saturated carbocycles. The van der Waals surface area contributed by atoms with Gasteiger partial charge in [0.25, 0.3) is 0 Å². The molecule has 0 aromatic carbocycles. The summed E-state index contributed by atoms with van der Waals surface area (Å²) in [6.07, 6.45) is 2.87. The first-order chi connectivity index (χ1) is 69.1. The monoisotopic (exact) mass is 2320 g/mol. The van der Waals surface area contributed by atoms with E-state index in [0.29, 0.717) is 0 Å². The van der Waals surface area contributed by atoms with Gasteiger partial charge in [0.2, 0.25) is 0 Å². The Morgan fingerprint density at radius 1 is 0.114 bits per heavy atom. The Labute approximate surface area is 896 Å². The van der Waals surface area contributed by atoms with Crippen LogP contribution in [-0.2, 0) is 0 Å². The van der Waals surface area contributed by atoms with Gasteiger partial charge in [-0.25, -0.2) is 140 Å². The molecule has 0 saturated heterocycles. The topological polar surface area (TPSA) is 361 Å². The Morgan fingerprint density at radius 2 is 0.221 bits per heavy atom. The van der Waals surface area contributed by atoms with Gasteiger partial charge in [0, 0.05) is 151 Å². The summed E-state index contributed by atoms with van der Waals surface area (Å²) in [5.74, 6) is 0. The molecule has 0 aliphatic rings. The highest BCUT2D eigenvalue weighted by Crippen LogP contribution is 2.48. The third-order valence-electron chi connectivity index (χ3n) is 19.8. The lowest BCUT2D eigenvalue weighted by atomic mass is 10.4. The molecule has 140 heavy (non-hydrogen) atoms. The van der Waals surface area contributed by atoms with Gasteiger partial charge in [0.05, 0.1) is 5.51 Å². The standard InChI is InChI=1S/C84H29N28S28/c1-2-114-58(85-1)32-4-116-60(87-32)34-6-118-62(89-34)36-8-120-64(91-36)38-10-122-66(93-38)40-12-124-68(95-40)42-14-126-70(97-42)44-16-128-72(99-44)46-18-130-74(101-46)48-20-132-76(103-48)50-22-134-78(105-50)52-24-136-80(107-52)54-26-138-82(109-54)56-28-140-84(111-56)57-29-139-83(112-57)55-27-137-81(110-55)53-25-135-79(108-53)51-23-133-77(106-51)49-21-131-75(104-49)47-19-129-73(102-47)45-17-127-71(100-45)43-15-125-69(98-43)41-13-123-67(96-41)39-11-121-65(94-39)37-9-119-63(92-37)35-7-117-61(90-35)33-5-115-59(88-33)31-3-113-30-86-31/h2-30H. The van der Waals surface area contributed by atoms with Gasteiger partial charge in [-0.15, -0.1) is 317 Å². The molecule has 28 heterocycles. The first-order valence-electron chi connectivity index (χ1n) is 39.7. The van der Waals surface area contributed by atoms with Crippen molar-refractivity contribution in [3.8, 4) is 289 Å². The quantitative estimate of drug-likeness (QED) is 0.0461. The van der Waals surface area contributed by atoms with Gasteiger partial charge in [-0.05, 0) is 0 Å². The van der Waals surface area contributed by atoms with Crippen molar-refractivity contribution in [3.05, 3.63) is 162 Å². The minimum absolute atomic E-state index is 0.782. The van der Waals surface area contributed by atoms with E-state index in [1.807, 2.05) is 156 Å². The fourth-order valence-corrected chi connectivity index (χ4v) is 36.3. The van der Waals surface area contributed by atoms with Crippen LogP contribution in [0.25, 0.3) is 289 Å². The van der Waals surface area contributed by atoms with Crippen LogP contribution in [-0.4, -0.2) is 140 Å². The first-order valence-corrected chi connectivity index (χ1v) is 64.4. The molecule has 28 nitrogen and oxygen atoms in total. The van der Waals surface area contributed by atoms with E-state index in [-0.39, 0.29) is 0 Å². The highest BCUT2D eigenvalue weighted by atomic mass is 32.2. The molecule has 0 spiro atoms. The third kappa shape index (κ3) is 17.1. The van der Waals surface area contributed by atoms with Crippen LogP contribution in [0, 0.1) is 6.20 Å². The summed E-state index contributed by atoms with van der Waals surface area (Å²) in [5.41, 5.74) is 23.4. The number of nitrogens with zero attached hydrogens (tertiary/aromatic N) is 28. The van der Waals surface area contributed by atoms with E-state index in [2.05, 4.69) is 16.2 Å². The molecule has 673 valence electrons. The highest BCUT2D eigenvalue weighted by molar-refractivity contribution is 7.24. The molecule has 28 aromatic heterocycles. The molecule has 0 amide bonds. The maximum absolute atomic E-state index is 5.02. The van der Waals surface area contributed by atoms with E-state index >= 15 is 0 Å². The van der Waals surface area contributed by atoms with E-state index in [4.69, 9.17) is 130 Å². The minimum atomic E-state index is 0.782. The zero-order chi connectivity index (χ0) is 92.0. The van der Waals surface area contributed by atoms with Crippen LogP contribution in [0.5, 0.6) is 0 Å². The summed E-state index contributed by atoms with van der Waals surface area (Å²) in [6, 6.07) is 0. The highest BCUT2D eigenvalue weighted by Gasteiger charge is 2.28. The van der Waals surface area contributed by atoms with Crippen LogP contribution in [0.1, 0.15) is 0 Å². The zero-order valence-corrected chi connectivity index (χ0v) is 91.1. The lowest BCUT2D eigenvalue weighted by Gasteiger charge is -1.91. The van der Waals surface area contributed by atoms with Crippen LogP contribution >= 0.6 is 317 Å². The second-order valence-corrected chi connectivity index (χ2v) is 52.5. The average molecular weight is 2330 g/mol. The second kappa shape index (κ2) is 37.1. The van der Waals surface area contributed by atoms with E-state index in [0.717, 1.165) is 289 Å². The van der Waals surface area contributed by atoms with Crippen molar-refractivity contribution >= 4 is 317 Å². The molecule has 0 N–H and O–H groups in total. The van der Waals surface area contributed by atoms with Crippen molar-refractivity contribution in [2.45, 2.75) is 0 Å². The number of hydrogen-bond donors (Lipinski definition) is 0. The molecule has 0 bridgehead atoms. The molecule has 0 aliphatic carbocycles. The Morgan fingerprint density at radius 3 is 0.314 bits per heavy atom. The largest absolute Gasteiger partial charge is 0.242 e. The van der Waals surface area contributed by atoms with Crippen molar-refractivity contribution in [1.82, 2.24) is 140 Å². The zero-order valence-electron chi connectivity index (χ0n) is 68.2. The molecule has 0 aliphatic heterocycles. The second-order valence-electron chi connectivity index (χ2n) is 28.6. The van der Waals surface area contributed by atoms with Gasteiger partial charge < -0.3 is 0 Å². The van der Waals surface area contributed by atoms with Crippen LogP contribution in [0.15, 0.2) is 156 Å². The van der Waals surface area contributed by atoms with Crippen molar-refractivity contribution in [2.75, 3.05) is 0 Å². The maximum atomic E-state index is 5.02. The Hall–Kier alpha value is -10.4. The molecule has 0 unspecified atom stereocenters. The molecular formula is C84H29N28S28. The lowest BCUT2D eigenvalue weighted by molar-refractivity contribution is 1.28. The van der Waals surface area contributed by atoms with Gasteiger partial charge in [-0.3, -0.25) is 0 Å². The summed E-state index contributed by atoms with van der Waals surface area (Å²) in [6.45, 7) is 0. The minimum Gasteiger partial charge on any atom is -0.242 e. The van der Waals surface area contributed by atoms with Crippen molar-refractivity contribution in [2.24, 2.45) is 0 Å². The van der Waals surface area contributed by atoms with E-state index < -0.39 is 0 Å². The summed E-state index contributed by atoms with van der Waals surface area (Å²) in [7, 11) is 0. The van der Waals surface area contributed by atoms with E-state index in [1.165, 1.54) is 181 Å². The van der Waals surface area contributed by atoms with Crippen LogP contribution < -0.4 is 0 Å². The summed E-state index contributed by atoms with van der Waals surface area (Å²) in [4.78, 5) is 138. The Kier molecular flexibility index (Phi) is 23.2. The van der Waals surface area contributed by atoms with Crippen molar-refractivity contribution < 1.29 is 0 Å².